The van der Waals surface area contributed by atoms with Crippen molar-refractivity contribution in [2.45, 2.75) is 46.3 Å². The summed E-state index contributed by atoms with van der Waals surface area (Å²) in [7, 11) is 0. The van der Waals surface area contributed by atoms with Gasteiger partial charge in [0, 0.05) is 29.6 Å². The summed E-state index contributed by atoms with van der Waals surface area (Å²) >= 11 is 0. The number of amides is 1. The maximum atomic E-state index is 13.0. The van der Waals surface area contributed by atoms with Crippen molar-refractivity contribution in [2.75, 3.05) is 19.7 Å². The molecule has 0 bridgehead atoms. The minimum absolute atomic E-state index is 0.00822. The lowest BCUT2D eigenvalue weighted by Gasteiger charge is -2.30. The second kappa shape index (κ2) is 8.95. The van der Waals surface area contributed by atoms with Crippen LogP contribution in [-0.4, -0.2) is 53.9 Å². The zero-order valence-electron chi connectivity index (χ0n) is 18.0. The number of nitrogens with one attached hydrogen (secondary N) is 1. The second-order valence-corrected chi connectivity index (χ2v) is 8.12. The maximum Gasteiger partial charge on any atom is 0.410 e. The van der Waals surface area contributed by atoms with Crippen LogP contribution in [0.1, 0.15) is 50.2 Å². The molecule has 1 aliphatic heterocycles. The number of esters is 1. The summed E-state index contributed by atoms with van der Waals surface area (Å²) in [5, 5.41) is 0.550. The van der Waals surface area contributed by atoms with Gasteiger partial charge in [-0.1, -0.05) is 6.08 Å². The molecule has 168 valence electrons. The molecule has 2 heterocycles. The van der Waals surface area contributed by atoms with Crippen LogP contribution < -0.4 is 4.74 Å². The van der Waals surface area contributed by atoms with Crippen LogP contribution in [0, 0.1) is 0 Å². The Morgan fingerprint density at radius 3 is 2.55 bits per heavy atom. The first kappa shape index (κ1) is 22.6. The fourth-order valence-corrected chi connectivity index (χ4v) is 3.33. The van der Waals surface area contributed by atoms with Crippen LogP contribution in [0.2, 0.25) is 0 Å². The van der Waals surface area contributed by atoms with E-state index in [1.54, 1.807) is 44.7 Å². The van der Waals surface area contributed by atoms with Gasteiger partial charge in [0.15, 0.2) is 0 Å². The van der Waals surface area contributed by atoms with Crippen molar-refractivity contribution in [3.8, 4) is 5.75 Å². The Morgan fingerprint density at radius 2 is 1.97 bits per heavy atom. The standard InChI is InChI=1S/C22H26F2N2O5/c1-5-29-19(27)17-10-14-11-18(30-20(23)24)15(12-16(14)25-17)13-6-8-26(9-7-13)21(28)31-22(2,3)4/h6,10-12,20,25H,5,7-9H2,1-4H3. The van der Waals surface area contributed by atoms with Gasteiger partial charge in [-0.2, -0.15) is 8.78 Å². The van der Waals surface area contributed by atoms with Crippen LogP contribution in [0.3, 0.4) is 0 Å². The van der Waals surface area contributed by atoms with E-state index in [4.69, 9.17) is 14.2 Å². The number of H-pyrrole nitrogens is 1. The number of aromatic amines is 1. The molecule has 1 aromatic carbocycles. The number of carbonyl (C=O) groups excluding carboxylic acids is 2. The summed E-state index contributed by atoms with van der Waals surface area (Å²) < 4.78 is 41.2. The van der Waals surface area contributed by atoms with E-state index in [1.807, 2.05) is 0 Å². The van der Waals surface area contributed by atoms with E-state index in [-0.39, 0.29) is 24.6 Å². The van der Waals surface area contributed by atoms with Crippen LogP contribution in [0.5, 0.6) is 5.75 Å². The number of rotatable bonds is 5. The van der Waals surface area contributed by atoms with Crippen molar-refractivity contribution in [1.29, 1.82) is 0 Å². The second-order valence-electron chi connectivity index (χ2n) is 8.12. The molecule has 3 rings (SSSR count). The zero-order chi connectivity index (χ0) is 22.8. The van der Waals surface area contributed by atoms with Gasteiger partial charge in [-0.25, -0.2) is 9.59 Å². The topological polar surface area (TPSA) is 80.9 Å². The lowest BCUT2D eigenvalue weighted by Crippen LogP contribution is -2.39. The quantitative estimate of drug-likeness (QED) is 0.670. The predicted molar refractivity (Wildman–Crippen MR) is 111 cm³/mol. The molecule has 1 aromatic heterocycles. The maximum absolute atomic E-state index is 13.0. The van der Waals surface area contributed by atoms with Gasteiger partial charge >= 0.3 is 18.7 Å². The van der Waals surface area contributed by atoms with Crippen LogP contribution >= 0.6 is 0 Å². The number of nitrogens with zero attached hydrogens (tertiary/aromatic N) is 1. The third kappa shape index (κ3) is 5.53. The molecule has 1 amide bonds. The van der Waals surface area contributed by atoms with E-state index in [9.17, 15) is 18.4 Å². The molecule has 9 heteroatoms. The summed E-state index contributed by atoms with van der Waals surface area (Å²) in [6.45, 7) is 4.97. The lowest BCUT2D eigenvalue weighted by molar-refractivity contribution is -0.0499. The summed E-state index contributed by atoms with van der Waals surface area (Å²) in [6, 6.07) is 4.68. The predicted octanol–water partition coefficient (Wildman–Crippen LogP) is 4.97. The van der Waals surface area contributed by atoms with Gasteiger partial charge in [0.1, 0.15) is 17.0 Å². The molecular weight excluding hydrogens is 410 g/mol. The molecule has 7 nitrogen and oxygen atoms in total. The molecule has 1 aliphatic rings. The summed E-state index contributed by atoms with van der Waals surface area (Å²) in [5.74, 6) is -0.518. The highest BCUT2D eigenvalue weighted by molar-refractivity contribution is 5.96. The van der Waals surface area contributed by atoms with Crippen molar-refractivity contribution >= 4 is 28.5 Å². The molecule has 0 saturated heterocycles. The SMILES string of the molecule is CCOC(=O)c1cc2cc(OC(F)F)c(C3=CCN(C(=O)OC(C)(C)C)CC3)cc2[nH]1. The van der Waals surface area contributed by atoms with Gasteiger partial charge < -0.3 is 24.1 Å². The van der Waals surface area contributed by atoms with Gasteiger partial charge in [0.25, 0.3) is 0 Å². The number of benzene rings is 1. The van der Waals surface area contributed by atoms with Crippen LogP contribution in [0.15, 0.2) is 24.3 Å². The van der Waals surface area contributed by atoms with Gasteiger partial charge in [0.05, 0.1) is 6.61 Å². The number of aromatic nitrogens is 1. The fraction of sp³-hybridized carbons (Fsp3) is 0.455. The van der Waals surface area contributed by atoms with Crippen LogP contribution in [0.4, 0.5) is 13.6 Å². The lowest BCUT2D eigenvalue weighted by atomic mass is 9.97. The number of ether oxygens (including phenoxy) is 3. The number of fused-ring (bicyclic) bond motifs is 1. The van der Waals surface area contributed by atoms with E-state index in [0.29, 0.717) is 29.4 Å². The number of alkyl halides is 2. The first-order valence-corrected chi connectivity index (χ1v) is 10.0. The average Bonchev–Trinajstić information content (AvgIpc) is 3.09. The first-order chi connectivity index (χ1) is 14.6. The largest absolute Gasteiger partial charge is 0.461 e. The minimum atomic E-state index is -3.00. The molecule has 1 N–H and O–H groups in total. The summed E-state index contributed by atoms with van der Waals surface area (Å²) in [6.07, 6.45) is 1.81. The normalized spacial score (nSPS) is 14.5. The van der Waals surface area contributed by atoms with Crippen molar-refractivity contribution in [2.24, 2.45) is 0 Å². The first-order valence-electron chi connectivity index (χ1n) is 10.0. The summed E-state index contributed by atoms with van der Waals surface area (Å²) in [5.41, 5.74) is 1.47. The minimum Gasteiger partial charge on any atom is -0.461 e. The van der Waals surface area contributed by atoms with E-state index >= 15 is 0 Å². The Morgan fingerprint density at radius 1 is 1.23 bits per heavy atom. The van der Waals surface area contributed by atoms with E-state index in [1.165, 1.54) is 12.1 Å². The van der Waals surface area contributed by atoms with Gasteiger partial charge in [-0.15, -0.1) is 0 Å². The van der Waals surface area contributed by atoms with Crippen molar-refractivity contribution in [3.63, 3.8) is 0 Å². The van der Waals surface area contributed by atoms with Crippen molar-refractivity contribution in [3.05, 3.63) is 35.5 Å². The Bertz CT molecular complexity index is 1010. The number of hydrogen-bond acceptors (Lipinski definition) is 5. The molecule has 0 radical (unpaired) electrons. The third-order valence-corrected chi connectivity index (χ3v) is 4.64. The molecule has 31 heavy (non-hydrogen) atoms. The Balaban J connectivity index is 1.91. The third-order valence-electron chi connectivity index (χ3n) is 4.64. The number of hydrogen-bond donors (Lipinski definition) is 1. The fourth-order valence-electron chi connectivity index (χ4n) is 3.33. The number of halogens is 2. The molecule has 0 spiro atoms. The molecular formula is C22H26F2N2O5. The highest BCUT2D eigenvalue weighted by atomic mass is 19.3. The van der Waals surface area contributed by atoms with Gasteiger partial charge in [-0.05, 0) is 57.9 Å². The highest BCUT2D eigenvalue weighted by Crippen LogP contribution is 2.35. The Kier molecular flexibility index (Phi) is 6.52. The molecule has 0 aliphatic carbocycles. The molecule has 0 fully saturated rings. The van der Waals surface area contributed by atoms with E-state index < -0.39 is 24.3 Å². The van der Waals surface area contributed by atoms with Crippen molar-refractivity contribution < 1.29 is 32.6 Å². The highest BCUT2D eigenvalue weighted by Gasteiger charge is 2.25. The van der Waals surface area contributed by atoms with Crippen molar-refractivity contribution in [1.82, 2.24) is 9.88 Å². The molecule has 0 unspecified atom stereocenters. The Labute approximate surface area is 178 Å². The van der Waals surface area contributed by atoms with Crippen LogP contribution in [-0.2, 0) is 9.47 Å². The smallest absolute Gasteiger partial charge is 0.410 e. The van der Waals surface area contributed by atoms with Gasteiger partial charge in [-0.3, -0.25) is 0 Å². The average molecular weight is 436 g/mol. The summed E-state index contributed by atoms with van der Waals surface area (Å²) in [4.78, 5) is 28.8. The Hall–Kier alpha value is -3.10. The van der Waals surface area contributed by atoms with Crippen LogP contribution in [0.25, 0.3) is 16.5 Å². The monoisotopic (exact) mass is 436 g/mol. The van der Waals surface area contributed by atoms with E-state index in [0.717, 1.165) is 5.57 Å². The molecule has 0 saturated carbocycles. The zero-order valence-corrected chi connectivity index (χ0v) is 18.0. The molecule has 0 atom stereocenters. The molecule has 2 aromatic rings. The van der Waals surface area contributed by atoms with E-state index in [2.05, 4.69) is 4.98 Å². The van der Waals surface area contributed by atoms with Gasteiger partial charge in [0.2, 0.25) is 0 Å². The number of carbonyl (C=O) groups is 2.